The van der Waals surface area contributed by atoms with E-state index in [1.54, 1.807) is 0 Å². The van der Waals surface area contributed by atoms with Gasteiger partial charge >= 0.3 is 0 Å². The number of hydrogen-bond donors (Lipinski definition) is 1. The van der Waals surface area contributed by atoms with Crippen molar-refractivity contribution in [3.05, 3.63) is 29.8 Å². The van der Waals surface area contributed by atoms with Crippen molar-refractivity contribution in [3.8, 4) is 0 Å². The lowest BCUT2D eigenvalue weighted by Gasteiger charge is -2.20. The van der Waals surface area contributed by atoms with E-state index in [0.29, 0.717) is 0 Å². The normalized spacial score (nSPS) is 24.6. The number of benzene rings is 1. The number of carbonyl (C=O) groups excluding carboxylic acids is 1. The first-order valence-corrected chi connectivity index (χ1v) is 10.7. The molecule has 0 aromatic heterocycles. The summed E-state index contributed by atoms with van der Waals surface area (Å²) >= 11 is 1.36. The van der Waals surface area contributed by atoms with Gasteiger partial charge in [0.05, 0.1) is 29.3 Å². The molecule has 2 aliphatic heterocycles. The fourth-order valence-corrected chi connectivity index (χ4v) is 5.89. The van der Waals surface area contributed by atoms with Crippen molar-refractivity contribution in [1.82, 2.24) is 4.90 Å². The molecule has 2 heterocycles. The minimum absolute atomic E-state index is 0.0818. The number of anilines is 1. The highest BCUT2D eigenvalue weighted by Crippen LogP contribution is 2.29. The summed E-state index contributed by atoms with van der Waals surface area (Å²) in [4.78, 5) is 18.6. The summed E-state index contributed by atoms with van der Waals surface area (Å²) < 4.78 is 23.3. The lowest BCUT2D eigenvalue weighted by molar-refractivity contribution is -0.113. The number of hydrogen-bond acceptors (Lipinski definition) is 6. The molecule has 3 rings (SSSR count). The molecule has 2 atom stereocenters. The Labute approximate surface area is 146 Å². The van der Waals surface area contributed by atoms with Gasteiger partial charge in [0.25, 0.3) is 0 Å². The third-order valence-electron chi connectivity index (χ3n) is 4.37. The van der Waals surface area contributed by atoms with Gasteiger partial charge in [0, 0.05) is 12.7 Å². The van der Waals surface area contributed by atoms with Crippen LogP contribution in [0.3, 0.4) is 0 Å². The van der Waals surface area contributed by atoms with E-state index >= 15 is 0 Å². The quantitative estimate of drug-likeness (QED) is 0.870. The molecule has 1 saturated heterocycles. The van der Waals surface area contributed by atoms with Gasteiger partial charge in [-0.15, -0.1) is 0 Å². The van der Waals surface area contributed by atoms with Crippen molar-refractivity contribution in [2.75, 3.05) is 29.6 Å². The average molecular weight is 367 g/mol. The number of para-hydroxylation sites is 1. The summed E-state index contributed by atoms with van der Waals surface area (Å²) in [6, 6.07) is 7.49. The van der Waals surface area contributed by atoms with Crippen LogP contribution in [0.4, 0.5) is 5.69 Å². The highest BCUT2D eigenvalue weighted by atomic mass is 32.2. The lowest BCUT2D eigenvalue weighted by atomic mass is 10.1. The van der Waals surface area contributed by atoms with Gasteiger partial charge < -0.3 is 10.2 Å². The number of thioether (sulfide) groups is 1. The molecule has 1 aromatic rings. The van der Waals surface area contributed by atoms with Crippen molar-refractivity contribution in [3.63, 3.8) is 0 Å². The molecule has 2 aliphatic rings. The number of carbonyl (C=O) groups is 1. The number of sulfone groups is 1. The first-order valence-electron chi connectivity index (χ1n) is 7.91. The number of nitrogens with zero attached hydrogens (tertiary/aromatic N) is 2. The highest BCUT2D eigenvalue weighted by molar-refractivity contribution is 8.14. The minimum Gasteiger partial charge on any atom is -0.348 e. The maximum Gasteiger partial charge on any atom is 0.234 e. The van der Waals surface area contributed by atoms with Gasteiger partial charge in [-0.25, -0.2) is 8.42 Å². The first-order chi connectivity index (χ1) is 11.4. The Bertz CT molecular complexity index is 777. The van der Waals surface area contributed by atoms with Crippen molar-refractivity contribution in [1.29, 1.82) is 0 Å². The molecule has 0 saturated carbocycles. The molecular formula is C16H21N3O3S2. The number of amides is 1. The third kappa shape index (κ3) is 3.59. The molecule has 0 radical (unpaired) electrons. The Morgan fingerprint density at radius 2 is 2.12 bits per heavy atom. The van der Waals surface area contributed by atoms with Gasteiger partial charge in [0.15, 0.2) is 15.0 Å². The maximum absolute atomic E-state index is 12.2. The molecule has 1 amide bonds. The van der Waals surface area contributed by atoms with Crippen LogP contribution in [-0.4, -0.2) is 60.8 Å². The maximum atomic E-state index is 12.2. The number of amidine groups is 1. The zero-order chi connectivity index (χ0) is 17.3. The fourth-order valence-electron chi connectivity index (χ4n) is 3.08. The minimum atomic E-state index is -2.98. The van der Waals surface area contributed by atoms with Gasteiger partial charge in [-0.1, -0.05) is 36.9 Å². The smallest absolute Gasteiger partial charge is 0.234 e. The molecule has 1 aromatic carbocycles. The van der Waals surface area contributed by atoms with Crippen molar-refractivity contribution < 1.29 is 13.2 Å². The summed E-state index contributed by atoms with van der Waals surface area (Å²) in [6.07, 6.45) is 0.858. The number of nitrogens with one attached hydrogen (secondary N) is 1. The number of aliphatic imine (C=N–C) groups is 1. The fraction of sp³-hybridized carbons (Fsp3) is 0.500. The lowest BCUT2D eigenvalue weighted by Crippen LogP contribution is -2.35. The monoisotopic (exact) mass is 367 g/mol. The SMILES string of the molecule is CCc1ccccc1NC(=O)CSC1=N[C@H]2CS(=O)(=O)C[C@@H]2N1C. The van der Waals surface area contributed by atoms with Crippen molar-refractivity contribution in [2.24, 2.45) is 4.99 Å². The van der Waals surface area contributed by atoms with Crippen LogP contribution in [0.5, 0.6) is 0 Å². The predicted octanol–water partition coefficient (Wildman–Crippen LogP) is 1.39. The van der Waals surface area contributed by atoms with E-state index in [1.807, 2.05) is 36.2 Å². The van der Waals surface area contributed by atoms with E-state index < -0.39 is 9.84 Å². The summed E-state index contributed by atoms with van der Waals surface area (Å²) in [5.74, 6) is 0.439. The second-order valence-electron chi connectivity index (χ2n) is 6.08. The Morgan fingerprint density at radius 1 is 1.38 bits per heavy atom. The van der Waals surface area contributed by atoms with E-state index in [4.69, 9.17) is 0 Å². The molecule has 130 valence electrons. The van der Waals surface area contributed by atoms with Crippen LogP contribution in [0, 0.1) is 0 Å². The summed E-state index contributed by atoms with van der Waals surface area (Å²) in [5.41, 5.74) is 1.95. The average Bonchev–Trinajstić information content (AvgIpc) is 2.99. The molecule has 0 bridgehead atoms. The predicted molar refractivity (Wildman–Crippen MR) is 98.3 cm³/mol. The molecule has 0 unspecified atom stereocenters. The zero-order valence-corrected chi connectivity index (χ0v) is 15.4. The van der Waals surface area contributed by atoms with Gasteiger partial charge in [-0.2, -0.15) is 0 Å². The van der Waals surface area contributed by atoms with E-state index in [9.17, 15) is 13.2 Å². The second kappa shape index (κ2) is 6.76. The highest BCUT2D eigenvalue weighted by Gasteiger charge is 2.45. The van der Waals surface area contributed by atoms with Gasteiger partial charge in [-0.05, 0) is 18.1 Å². The topological polar surface area (TPSA) is 78.8 Å². The molecule has 0 spiro atoms. The Hall–Kier alpha value is -1.54. The molecule has 8 heteroatoms. The molecule has 6 nitrogen and oxygen atoms in total. The second-order valence-corrected chi connectivity index (χ2v) is 9.18. The molecular weight excluding hydrogens is 346 g/mol. The van der Waals surface area contributed by atoms with Crippen molar-refractivity contribution in [2.45, 2.75) is 25.4 Å². The first kappa shape index (κ1) is 17.3. The van der Waals surface area contributed by atoms with E-state index in [-0.39, 0.29) is 35.2 Å². The largest absolute Gasteiger partial charge is 0.348 e. The standard InChI is InChI=1S/C16H21N3O3S2/c1-3-11-6-4-5-7-12(11)17-15(20)8-23-16-18-13-9-24(21,22)10-14(13)19(16)2/h4-7,13-14H,3,8-10H2,1-2H3,(H,17,20)/t13-,14-/m0/s1. The van der Waals surface area contributed by atoms with Crippen LogP contribution in [0.1, 0.15) is 12.5 Å². The Kier molecular flexibility index (Phi) is 4.87. The Balaban J connectivity index is 1.57. The third-order valence-corrected chi connectivity index (χ3v) is 7.13. The Morgan fingerprint density at radius 3 is 2.83 bits per heavy atom. The van der Waals surface area contributed by atoms with Gasteiger partial charge in [0.1, 0.15) is 0 Å². The number of rotatable bonds is 4. The molecule has 1 N–H and O–H groups in total. The molecule has 24 heavy (non-hydrogen) atoms. The van der Waals surface area contributed by atoms with Crippen LogP contribution in [-0.2, 0) is 21.1 Å². The zero-order valence-electron chi connectivity index (χ0n) is 13.7. The van der Waals surface area contributed by atoms with Crippen LogP contribution in [0.2, 0.25) is 0 Å². The van der Waals surface area contributed by atoms with Crippen LogP contribution < -0.4 is 5.32 Å². The summed E-state index contributed by atoms with van der Waals surface area (Å²) in [5, 5.41) is 3.68. The van der Waals surface area contributed by atoms with Crippen LogP contribution in [0.15, 0.2) is 29.3 Å². The van der Waals surface area contributed by atoms with Crippen molar-refractivity contribution >= 4 is 38.4 Å². The van der Waals surface area contributed by atoms with E-state index in [2.05, 4.69) is 17.2 Å². The van der Waals surface area contributed by atoms with E-state index in [0.717, 1.165) is 22.8 Å². The number of fused-ring (bicyclic) bond motifs is 1. The number of aryl methyl sites for hydroxylation is 1. The van der Waals surface area contributed by atoms with Gasteiger partial charge in [-0.3, -0.25) is 9.79 Å². The summed E-state index contributed by atoms with van der Waals surface area (Å²) in [7, 11) is -1.13. The number of likely N-dealkylation sites (N-methyl/N-ethyl adjacent to an activating group) is 1. The molecule has 0 aliphatic carbocycles. The van der Waals surface area contributed by atoms with Gasteiger partial charge in [0.2, 0.25) is 5.91 Å². The summed E-state index contributed by atoms with van der Waals surface area (Å²) in [6.45, 7) is 2.05. The molecule has 1 fully saturated rings. The van der Waals surface area contributed by atoms with Crippen LogP contribution in [0.25, 0.3) is 0 Å². The van der Waals surface area contributed by atoms with E-state index in [1.165, 1.54) is 11.8 Å². The van der Waals surface area contributed by atoms with Crippen LogP contribution >= 0.6 is 11.8 Å².